The highest BCUT2D eigenvalue weighted by atomic mass is 15.2. The Bertz CT molecular complexity index is 444. The minimum absolute atomic E-state index is 0.914. The molecule has 0 radical (unpaired) electrons. The van der Waals surface area contributed by atoms with E-state index in [2.05, 4.69) is 49.0 Å². The van der Waals surface area contributed by atoms with Gasteiger partial charge in [0, 0.05) is 37.4 Å². The molecule has 0 unspecified atom stereocenters. The average molecular weight is 276 g/mol. The standard InChI is InChI=1S/C16H28N4/c1-5-17-12-15-13(2)11-14(3)18-16(15)20-8-6-7-19(4)9-10-20/h11,17H,5-10,12H2,1-4H3. The summed E-state index contributed by atoms with van der Waals surface area (Å²) in [5.74, 6) is 1.19. The summed E-state index contributed by atoms with van der Waals surface area (Å²) in [7, 11) is 2.21. The van der Waals surface area contributed by atoms with Crippen LogP contribution in [0.25, 0.3) is 0 Å². The van der Waals surface area contributed by atoms with Crippen LogP contribution in [-0.4, -0.2) is 49.7 Å². The molecular formula is C16H28N4. The number of anilines is 1. The van der Waals surface area contributed by atoms with Gasteiger partial charge in [-0.05, 0) is 52.0 Å². The van der Waals surface area contributed by atoms with Crippen molar-refractivity contribution >= 4 is 5.82 Å². The Kier molecular flexibility index (Phi) is 5.38. The second-order valence-electron chi connectivity index (χ2n) is 5.81. The van der Waals surface area contributed by atoms with Crippen molar-refractivity contribution in [2.75, 3.05) is 44.7 Å². The van der Waals surface area contributed by atoms with Crippen LogP contribution in [0.3, 0.4) is 0 Å². The van der Waals surface area contributed by atoms with Crippen LogP contribution >= 0.6 is 0 Å². The summed E-state index contributed by atoms with van der Waals surface area (Å²) in [5, 5.41) is 3.45. The zero-order chi connectivity index (χ0) is 14.5. The zero-order valence-electron chi connectivity index (χ0n) is 13.4. The van der Waals surface area contributed by atoms with Gasteiger partial charge in [0.15, 0.2) is 0 Å². The van der Waals surface area contributed by atoms with Crippen molar-refractivity contribution in [3.05, 3.63) is 22.9 Å². The minimum Gasteiger partial charge on any atom is -0.355 e. The van der Waals surface area contributed by atoms with Crippen LogP contribution in [0, 0.1) is 13.8 Å². The molecule has 1 saturated heterocycles. The number of hydrogen-bond acceptors (Lipinski definition) is 4. The predicted molar refractivity (Wildman–Crippen MR) is 85.4 cm³/mol. The third kappa shape index (κ3) is 3.70. The Morgan fingerprint density at radius 1 is 1.20 bits per heavy atom. The first-order valence-corrected chi connectivity index (χ1v) is 7.73. The van der Waals surface area contributed by atoms with Gasteiger partial charge in [0.2, 0.25) is 0 Å². The second-order valence-corrected chi connectivity index (χ2v) is 5.81. The summed E-state index contributed by atoms with van der Waals surface area (Å²) < 4.78 is 0. The van der Waals surface area contributed by atoms with Crippen molar-refractivity contribution in [3.8, 4) is 0 Å². The lowest BCUT2D eigenvalue weighted by Gasteiger charge is -2.26. The lowest BCUT2D eigenvalue weighted by atomic mass is 10.1. The molecule has 0 bridgehead atoms. The van der Waals surface area contributed by atoms with Gasteiger partial charge in [-0.2, -0.15) is 0 Å². The molecule has 2 rings (SSSR count). The van der Waals surface area contributed by atoms with Gasteiger partial charge in [-0.25, -0.2) is 4.98 Å². The van der Waals surface area contributed by atoms with Gasteiger partial charge in [0.1, 0.15) is 5.82 Å². The number of rotatable bonds is 4. The number of likely N-dealkylation sites (N-methyl/N-ethyl adjacent to an activating group) is 1. The predicted octanol–water partition coefficient (Wildman–Crippen LogP) is 1.95. The van der Waals surface area contributed by atoms with Crippen LogP contribution in [-0.2, 0) is 6.54 Å². The van der Waals surface area contributed by atoms with E-state index in [-0.39, 0.29) is 0 Å². The van der Waals surface area contributed by atoms with E-state index in [1.54, 1.807) is 0 Å². The molecule has 0 saturated carbocycles. The molecule has 0 aromatic carbocycles. The highest BCUT2D eigenvalue weighted by Gasteiger charge is 2.18. The van der Waals surface area contributed by atoms with Gasteiger partial charge >= 0.3 is 0 Å². The Hall–Kier alpha value is -1.13. The van der Waals surface area contributed by atoms with Crippen LogP contribution in [0.5, 0.6) is 0 Å². The molecule has 1 N–H and O–H groups in total. The first-order valence-electron chi connectivity index (χ1n) is 7.73. The minimum atomic E-state index is 0.914. The van der Waals surface area contributed by atoms with Crippen molar-refractivity contribution in [2.45, 2.75) is 33.7 Å². The molecule has 0 spiro atoms. The van der Waals surface area contributed by atoms with Crippen LogP contribution < -0.4 is 10.2 Å². The van der Waals surface area contributed by atoms with E-state index in [9.17, 15) is 0 Å². The van der Waals surface area contributed by atoms with E-state index in [1.807, 2.05) is 0 Å². The van der Waals surface area contributed by atoms with E-state index in [0.29, 0.717) is 0 Å². The molecule has 4 heteroatoms. The first kappa shape index (κ1) is 15.3. The van der Waals surface area contributed by atoms with Crippen molar-refractivity contribution in [3.63, 3.8) is 0 Å². The highest BCUT2D eigenvalue weighted by molar-refractivity contribution is 5.51. The van der Waals surface area contributed by atoms with Crippen molar-refractivity contribution in [1.29, 1.82) is 0 Å². The molecular weight excluding hydrogens is 248 g/mol. The van der Waals surface area contributed by atoms with E-state index < -0.39 is 0 Å². The van der Waals surface area contributed by atoms with Crippen LogP contribution in [0.2, 0.25) is 0 Å². The fourth-order valence-electron chi connectivity index (χ4n) is 2.83. The summed E-state index contributed by atoms with van der Waals surface area (Å²) in [4.78, 5) is 9.72. The molecule has 0 amide bonds. The maximum Gasteiger partial charge on any atom is 0.133 e. The van der Waals surface area contributed by atoms with Gasteiger partial charge < -0.3 is 15.1 Å². The molecule has 1 aliphatic rings. The van der Waals surface area contributed by atoms with Crippen LogP contribution in [0.4, 0.5) is 5.82 Å². The number of nitrogens with one attached hydrogen (secondary N) is 1. The summed E-state index contributed by atoms with van der Waals surface area (Å²) >= 11 is 0. The molecule has 20 heavy (non-hydrogen) atoms. The Morgan fingerprint density at radius 2 is 2.00 bits per heavy atom. The molecule has 1 fully saturated rings. The van der Waals surface area contributed by atoms with Crippen molar-refractivity contribution < 1.29 is 0 Å². The normalized spacial score (nSPS) is 17.3. The van der Waals surface area contributed by atoms with Crippen LogP contribution in [0.1, 0.15) is 30.2 Å². The Balaban J connectivity index is 2.27. The number of pyridine rings is 1. The molecule has 4 nitrogen and oxygen atoms in total. The zero-order valence-corrected chi connectivity index (χ0v) is 13.4. The third-order valence-corrected chi connectivity index (χ3v) is 4.02. The van der Waals surface area contributed by atoms with E-state index in [0.717, 1.165) is 38.4 Å². The summed E-state index contributed by atoms with van der Waals surface area (Å²) in [6, 6.07) is 2.19. The summed E-state index contributed by atoms with van der Waals surface area (Å²) in [6.07, 6.45) is 1.21. The highest BCUT2D eigenvalue weighted by Crippen LogP contribution is 2.23. The largest absolute Gasteiger partial charge is 0.355 e. The van der Waals surface area contributed by atoms with E-state index >= 15 is 0 Å². The molecule has 112 valence electrons. The molecule has 1 aromatic heterocycles. The summed E-state index contributed by atoms with van der Waals surface area (Å²) in [6.45, 7) is 12.8. The van der Waals surface area contributed by atoms with Gasteiger partial charge in [-0.15, -0.1) is 0 Å². The van der Waals surface area contributed by atoms with Gasteiger partial charge in [-0.1, -0.05) is 6.92 Å². The first-order chi connectivity index (χ1) is 9.61. The molecule has 0 aliphatic carbocycles. The third-order valence-electron chi connectivity index (χ3n) is 4.02. The molecule has 1 aliphatic heterocycles. The van der Waals surface area contributed by atoms with Crippen LogP contribution in [0.15, 0.2) is 6.07 Å². The lowest BCUT2D eigenvalue weighted by Crippen LogP contribution is -2.31. The molecule has 1 aromatic rings. The Labute approximate surface area is 123 Å². The maximum atomic E-state index is 4.84. The topological polar surface area (TPSA) is 31.4 Å². The quantitative estimate of drug-likeness (QED) is 0.911. The monoisotopic (exact) mass is 276 g/mol. The fraction of sp³-hybridized carbons (Fsp3) is 0.688. The number of aromatic nitrogens is 1. The van der Waals surface area contributed by atoms with Gasteiger partial charge in [0.05, 0.1) is 0 Å². The Morgan fingerprint density at radius 3 is 2.75 bits per heavy atom. The number of aryl methyl sites for hydroxylation is 2. The van der Waals surface area contributed by atoms with E-state index in [1.165, 1.54) is 29.9 Å². The fourth-order valence-corrected chi connectivity index (χ4v) is 2.83. The van der Waals surface area contributed by atoms with E-state index in [4.69, 9.17) is 4.98 Å². The van der Waals surface area contributed by atoms with Gasteiger partial charge in [0.25, 0.3) is 0 Å². The summed E-state index contributed by atoms with van der Waals surface area (Å²) in [5.41, 5.74) is 3.84. The number of hydrogen-bond donors (Lipinski definition) is 1. The smallest absolute Gasteiger partial charge is 0.133 e. The second kappa shape index (κ2) is 7.04. The van der Waals surface area contributed by atoms with Gasteiger partial charge in [-0.3, -0.25) is 0 Å². The van der Waals surface area contributed by atoms with Crippen molar-refractivity contribution in [2.24, 2.45) is 0 Å². The average Bonchev–Trinajstić information content (AvgIpc) is 2.62. The molecule has 2 heterocycles. The number of nitrogens with zero attached hydrogens (tertiary/aromatic N) is 3. The molecule has 0 atom stereocenters. The SMILES string of the molecule is CCNCc1c(C)cc(C)nc1N1CCCN(C)CC1. The maximum absolute atomic E-state index is 4.84. The van der Waals surface area contributed by atoms with Crippen molar-refractivity contribution in [1.82, 2.24) is 15.2 Å². The lowest BCUT2D eigenvalue weighted by molar-refractivity contribution is 0.360.